The van der Waals surface area contributed by atoms with E-state index in [0.29, 0.717) is 11.3 Å². The first-order valence-electron chi connectivity index (χ1n) is 6.61. The molecule has 3 aromatic rings. The minimum absolute atomic E-state index is 0.0899. The van der Waals surface area contributed by atoms with Crippen molar-refractivity contribution in [2.75, 3.05) is 0 Å². The highest BCUT2D eigenvalue weighted by Crippen LogP contribution is 2.14. The summed E-state index contributed by atoms with van der Waals surface area (Å²) in [6.45, 7) is 1.80. The standard InChI is InChI=1S/C16H14N2O3/c1-10(14-7-4-8-21-14)17-15(19)12-9-11-5-2-3-6-13(11)18-16(12)20/h2-10H,1H3,(H,17,19)(H,18,20). The van der Waals surface area contributed by atoms with Crippen LogP contribution in [0.3, 0.4) is 0 Å². The first-order valence-corrected chi connectivity index (χ1v) is 6.61. The summed E-state index contributed by atoms with van der Waals surface area (Å²) in [7, 11) is 0. The van der Waals surface area contributed by atoms with Crippen LogP contribution in [0, 0.1) is 0 Å². The molecule has 0 saturated heterocycles. The van der Waals surface area contributed by atoms with Crippen LogP contribution in [0.5, 0.6) is 0 Å². The number of carbonyl (C=O) groups excluding carboxylic acids is 1. The van der Waals surface area contributed by atoms with Gasteiger partial charge in [-0.05, 0) is 36.6 Å². The van der Waals surface area contributed by atoms with Gasteiger partial charge in [-0.3, -0.25) is 9.59 Å². The van der Waals surface area contributed by atoms with Crippen molar-refractivity contribution in [1.82, 2.24) is 10.3 Å². The molecule has 5 nitrogen and oxygen atoms in total. The molecule has 2 heterocycles. The van der Waals surface area contributed by atoms with Crippen molar-refractivity contribution in [3.8, 4) is 0 Å². The van der Waals surface area contributed by atoms with Crippen molar-refractivity contribution < 1.29 is 9.21 Å². The van der Waals surface area contributed by atoms with E-state index < -0.39 is 11.5 Å². The largest absolute Gasteiger partial charge is 0.467 e. The zero-order valence-electron chi connectivity index (χ0n) is 11.4. The zero-order valence-corrected chi connectivity index (χ0v) is 11.4. The number of H-pyrrole nitrogens is 1. The number of rotatable bonds is 3. The number of hydrogen-bond acceptors (Lipinski definition) is 3. The second-order valence-corrected chi connectivity index (χ2v) is 4.81. The van der Waals surface area contributed by atoms with E-state index in [4.69, 9.17) is 4.42 Å². The summed E-state index contributed by atoms with van der Waals surface area (Å²) in [4.78, 5) is 27.0. The van der Waals surface area contributed by atoms with Gasteiger partial charge >= 0.3 is 0 Å². The number of benzene rings is 1. The van der Waals surface area contributed by atoms with Crippen molar-refractivity contribution in [2.45, 2.75) is 13.0 Å². The van der Waals surface area contributed by atoms with E-state index in [1.807, 2.05) is 18.2 Å². The number of hydrogen-bond donors (Lipinski definition) is 2. The second kappa shape index (κ2) is 5.28. The zero-order chi connectivity index (χ0) is 14.8. The van der Waals surface area contributed by atoms with Gasteiger partial charge in [0.25, 0.3) is 11.5 Å². The van der Waals surface area contributed by atoms with Crippen LogP contribution < -0.4 is 10.9 Å². The fourth-order valence-electron chi connectivity index (χ4n) is 2.20. The van der Waals surface area contributed by atoms with Crippen molar-refractivity contribution >= 4 is 16.8 Å². The number of fused-ring (bicyclic) bond motifs is 1. The van der Waals surface area contributed by atoms with Gasteiger partial charge in [0.15, 0.2) is 0 Å². The van der Waals surface area contributed by atoms with Crippen LogP contribution in [0.1, 0.15) is 29.1 Å². The fraction of sp³-hybridized carbons (Fsp3) is 0.125. The van der Waals surface area contributed by atoms with E-state index in [-0.39, 0.29) is 11.6 Å². The van der Waals surface area contributed by atoms with Gasteiger partial charge in [0.1, 0.15) is 11.3 Å². The van der Waals surface area contributed by atoms with Crippen LogP contribution in [-0.4, -0.2) is 10.9 Å². The van der Waals surface area contributed by atoms with E-state index >= 15 is 0 Å². The van der Waals surface area contributed by atoms with Crippen LogP contribution >= 0.6 is 0 Å². The minimum Gasteiger partial charge on any atom is -0.467 e. The first kappa shape index (κ1) is 13.2. The molecule has 0 bridgehead atoms. The lowest BCUT2D eigenvalue weighted by molar-refractivity contribution is 0.0934. The summed E-state index contributed by atoms with van der Waals surface area (Å²) in [5, 5.41) is 3.56. The van der Waals surface area contributed by atoms with Crippen LogP contribution in [0.25, 0.3) is 10.9 Å². The van der Waals surface area contributed by atoms with Crippen LogP contribution in [-0.2, 0) is 0 Å². The lowest BCUT2D eigenvalue weighted by Gasteiger charge is -2.11. The Morgan fingerprint density at radius 2 is 2.05 bits per heavy atom. The summed E-state index contributed by atoms with van der Waals surface area (Å²) in [5.74, 6) is 0.214. The molecule has 21 heavy (non-hydrogen) atoms. The molecule has 0 aliphatic heterocycles. The van der Waals surface area contributed by atoms with Gasteiger partial charge in [0.2, 0.25) is 0 Å². The Hall–Kier alpha value is -2.82. The quantitative estimate of drug-likeness (QED) is 0.775. The molecule has 1 amide bonds. The molecule has 106 valence electrons. The van der Waals surface area contributed by atoms with Gasteiger partial charge in [0.05, 0.1) is 12.3 Å². The number of para-hydroxylation sites is 1. The monoisotopic (exact) mass is 282 g/mol. The number of aromatic amines is 1. The molecule has 2 aromatic heterocycles. The third-order valence-electron chi connectivity index (χ3n) is 3.32. The topological polar surface area (TPSA) is 75.1 Å². The summed E-state index contributed by atoms with van der Waals surface area (Å²) in [5.41, 5.74) is 0.392. The maximum atomic E-state index is 12.2. The number of furan rings is 1. The Morgan fingerprint density at radius 3 is 2.81 bits per heavy atom. The minimum atomic E-state index is -0.425. The molecule has 0 fully saturated rings. The van der Waals surface area contributed by atoms with Gasteiger partial charge in [-0.25, -0.2) is 0 Å². The Kier molecular flexibility index (Phi) is 3.31. The number of nitrogens with one attached hydrogen (secondary N) is 2. The number of aromatic nitrogens is 1. The molecule has 3 rings (SSSR count). The van der Waals surface area contributed by atoms with Gasteiger partial charge in [0, 0.05) is 5.52 Å². The van der Waals surface area contributed by atoms with E-state index in [2.05, 4.69) is 10.3 Å². The summed E-state index contributed by atoms with van der Waals surface area (Å²) < 4.78 is 5.23. The third-order valence-corrected chi connectivity index (χ3v) is 3.32. The molecule has 1 aromatic carbocycles. The highest BCUT2D eigenvalue weighted by molar-refractivity contribution is 5.97. The molecule has 0 radical (unpaired) electrons. The Morgan fingerprint density at radius 1 is 1.24 bits per heavy atom. The average Bonchev–Trinajstić information content (AvgIpc) is 3.00. The van der Waals surface area contributed by atoms with Gasteiger partial charge in [-0.1, -0.05) is 18.2 Å². The fourth-order valence-corrected chi connectivity index (χ4v) is 2.20. The van der Waals surface area contributed by atoms with Crippen LogP contribution in [0.15, 0.2) is 57.9 Å². The van der Waals surface area contributed by atoms with Crippen molar-refractivity contribution in [1.29, 1.82) is 0 Å². The molecule has 5 heteroatoms. The van der Waals surface area contributed by atoms with E-state index in [1.54, 1.807) is 37.5 Å². The highest BCUT2D eigenvalue weighted by Gasteiger charge is 2.16. The predicted molar refractivity (Wildman–Crippen MR) is 79.2 cm³/mol. The van der Waals surface area contributed by atoms with Crippen LogP contribution in [0.4, 0.5) is 0 Å². The Labute approximate surface area is 120 Å². The van der Waals surface area contributed by atoms with Crippen molar-refractivity contribution in [3.63, 3.8) is 0 Å². The van der Waals surface area contributed by atoms with E-state index in [9.17, 15) is 9.59 Å². The molecular weight excluding hydrogens is 268 g/mol. The average molecular weight is 282 g/mol. The third kappa shape index (κ3) is 2.58. The smallest absolute Gasteiger partial charge is 0.261 e. The molecule has 2 N–H and O–H groups in total. The summed E-state index contributed by atoms with van der Waals surface area (Å²) in [6, 6.07) is 12.1. The van der Waals surface area contributed by atoms with E-state index in [0.717, 1.165) is 5.39 Å². The van der Waals surface area contributed by atoms with Gasteiger partial charge in [-0.2, -0.15) is 0 Å². The van der Waals surface area contributed by atoms with Gasteiger partial charge < -0.3 is 14.7 Å². The number of pyridine rings is 1. The van der Waals surface area contributed by atoms with Crippen molar-refractivity contribution in [3.05, 3.63) is 70.4 Å². The molecule has 1 unspecified atom stereocenters. The molecule has 1 atom stereocenters. The highest BCUT2D eigenvalue weighted by atomic mass is 16.3. The second-order valence-electron chi connectivity index (χ2n) is 4.81. The SMILES string of the molecule is CC(NC(=O)c1cc2ccccc2[nH]c1=O)c1ccco1. The first-order chi connectivity index (χ1) is 10.1. The summed E-state index contributed by atoms with van der Waals surface area (Å²) in [6.07, 6.45) is 1.54. The maximum Gasteiger partial charge on any atom is 0.261 e. The lowest BCUT2D eigenvalue weighted by atomic mass is 10.1. The van der Waals surface area contributed by atoms with Crippen LogP contribution in [0.2, 0.25) is 0 Å². The normalized spacial score (nSPS) is 12.2. The Bertz CT molecular complexity index is 834. The molecule has 0 spiro atoms. The molecular formula is C16H14N2O3. The van der Waals surface area contributed by atoms with Crippen molar-refractivity contribution in [2.24, 2.45) is 0 Å². The maximum absolute atomic E-state index is 12.2. The molecule has 0 aliphatic carbocycles. The summed E-state index contributed by atoms with van der Waals surface area (Å²) >= 11 is 0. The molecule has 0 saturated carbocycles. The molecule has 0 aliphatic rings. The van der Waals surface area contributed by atoms with E-state index in [1.165, 1.54) is 0 Å². The number of amides is 1. The lowest BCUT2D eigenvalue weighted by Crippen LogP contribution is -2.31. The predicted octanol–water partition coefficient (Wildman–Crippen LogP) is 2.61. The van der Waals surface area contributed by atoms with Gasteiger partial charge in [-0.15, -0.1) is 0 Å². The Balaban J connectivity index is 1.91. The number of carbonyl (C=O) groups is 1.